The van der Waals surface area contributed by atoms with Crippen molar-refractivity contribution in [2.24, 2.45) is 0 Å². The number of nitrogens with one attached hydrogen (secondary N) is 5. The van der Waals surface area contributed by atoms with Crippen LogP contribution in [0.5, 0.6) is 5.75 Å². The van der Waals surface area contributed by atoms with Gasteiger partial charge in [-0.3, -0.25) is 14.4 Å². The molecule has 40 heavy (non-hydrogen) atoms. The molecule has 2 heterocycles. The molecule has 1 saturated heterocycles. The van der Waals surface area contributed by atoms with E-state index in [1.54, 1.807) is 18.3 Å². The number of aromatic amines is 1. The lowest BCUT2D eigenvalue weighted by Crippen LogP contribution is -2.58. The summed E-state index contributed by atoms with van der Waals surface area (Å²) in [6, 6.07) is 9.31. The van der Waals surface area contributed by atoms with E-state index in [2.05, 4.69) is 26.3 Å². The van der Waals surface area contributed by atoms with Crippen molar-refractivity contribution in [1.82, 2.24) is 26.3 Å². The molecule has 4 atom stereocenters. The zero-order valence-electron chi connectivity index (χ0n) is 21.7. The zero-order chi connectivity index (χ0) is 28.6. The second kappa shape index (κ2) is 13.1. The average molecular weight is 552 g/mol. The van der Waals surface area contributed by atoms with E-state index >= 15 is 0 Å². The molecule has 0 bridgehead atoms. The minimum Gasteiger partial charge on any atom is -0.508 e. The molecule has 1 aromatic heterocycles. The van der Waals surface area contributed by atoms with E-state index in [9.17, 15) is 34.5 Å². The predicted molar refractivity (Wildman–Crippen MR) is 145 cm³/mol. The number of aliphatic carboxylic acids is 1. The normalized spacial score (nSPS) is 17.1. The van der Waals surface area contributed by atoms with Gasteiger partial charge in [-0.1, -0.05) is 30.3 Å². The van der Waals surface area contributed by atoms with E-state index in [1.807, 2.05) is 24.3 Å². The van der Waals surface area contributed by atoms with Crippen LogP contribution in [0.15, 0.2) is 54.7 Å². The van der Waals surface area contributed by atoms with Gasteiger partial charge in [0.1, 0.15) is 23.9 Å². The minimum atomic E-state index is -1.56. The van der Waals surface area contributed by atoms with Crippen LogP contribution >= 0.6 is 0 Å². The van der Waals surface area contributed by atoms with E-state index in [1.165, 1.54) is 12.1 Å². The van der Waals surface area contributed by atoms with Crippen molar-refractivity contribution in [3.63, 3.8) is 0 Å². The second-order valence-electron chi connectivity index (χ2n) is 9.79. The van der Waals surface area contributed by atoms with Gasteiger partial charge >= 0.3 is 5.97 Å². The van der Waals surface area contributed by atoms with Crippen molar-refractivity contribution in [1.29, 1.82) is 0 Å². The fourth-order valence-corrected chi connectivity index (χ4v) is 4.72. The van der Waals surface area contributed by atoms with E-state index < -0.39 is 48.6 Å². The molecule has 0 aliphatic carbocycles. The first kappa shape index (κ1) is 28.6. The Morgan fingerprint density at radius 3 is 2.23 bits per heavy atom. The maximum Gasteiger partial charge on any atom is 0.328 e. The zero-order valence-corrected chi connectivity index (χ0v) is 21.7. The fourth-order valence-electron chi connectivity index (χ4n) is 4.72. The number of hydrogen-bond acceptors (Lipinski definition) is 7. The number of H-pyrrole nitrogens is 1. The monoisotopic (exact) mass is 551 g/mol. The van der Waals surface area contributed by atoms with Gasteiger partial charge in [0.2, 0.25) is 17.7 Å². The Morgan fingerprint density at radius 2 is 1.57 bits per heavy atom. The summed E-state index contributed by atoms with van der Waals surface area (Å²) in [5.41, 5.74) is 2.20. The first-order valence-electron chi connectivity index (χ1n) is 13.1. The van der Waals surface area contributed by atoms with Crippen LogP contribution in [-0.2, 0) is 32.0 Å². The van der Waals surface area contributed by atoms with Crippen molar-refractivity contribution in [2.75, 3.05) is 13.2 Å². The Labute approximate surface area is 230 Å². The molecule has 1 fully saturated rings. The summed E-state index contributed by atoms with van der Waals surface area (Å²) >= 11 is 0. The van der Waals surface area contributed by atoms with Gasteiger partial charge in [0.15, 0.2) is 0 Å². The number of rotatable bonds is 12. The van der Waals surface area contributed by atoms with Gasteiger partial charge in [-0.15, -0.1) is 0 Å². The van der Waals surface area contributed by atoms with Crippen molar-refractivity contribution in [3.05, 3.63) is 65.9 Å². The highest BCUT2D eigenvalue weighted by molar-refractivity contribution is 5.95. The number of carboxylic acid groups (broad SMARTS) is 1. The molecular formula is C28H33N5O7. The quantitative estimate of drug-likeness (QED) is 0.153. The Bertz CT molecular complexity index is 1350. The van der Waals surface area contributed by atoms with Crippen molar-refractivity contribution in [3.8, 4) is 5.75 Å². The molecule has 1 aliphatic rings. The third kappa shape index (κ3) is 7.16. The van der Waals surface area contributed by atoms with Crippen molar-refractivity contribution < 1.29 is 34.5 Å². The molecule has 12 nitrogen and oxygen atoms in total. The highest BCUT2D eigenvalue weighted by Crippen LogP contribution is 2.20. The Morgan fingerprint density at radius 1 is 0.900 bits per heavy atom. The maximum absolute atomic E-state index is 13.6. The van der Waals surface area contributed by atoms with Crippen LogP contribution in [0.1, 0.15) is 24.0 Å². The lowest BCUT2D eigenvalue weighted by atomic mass is 10.0. The van der Waals surface area contributed by atoms with Crippen LogP contribution in [0, 0.1) is 0 Å². The summed E-state index contributed by atoms with van der Waals surface area (Å²) < 4.78 is 0. The molecule has 2 aromatic carbocycles. The van der Waals surface area contributed by atoms with Gasteiger partial charge in [0.25, 0.3) is 0 Å². The molecule has 4 rings (SSSR count). The number of aliphatic hydroxyl groups is 1. The molecule has 1 aliphatic heterocycles. The van der Waals surface area contributed by atoms with Gasteiger partial charge in [-0.05, 0) is 48.7 Å². The molecule has 0 radical (unpaired) electrons. The number of carbonyl (C=O) groups is 4. The number of hydrogen-bond donors (Lipinski definition) is 8. The number of carbonyl (C=O) groups excluding carboxylic acids is 3. The summed E-state index contributed by atoms with van der Waals surface area (Å²) in [6.07, 6.45) is 3.27. The summed E-state index contributed by atoms with van der Waals surface area (Å²) in [6.45, 7) is -0.141. The van der Waals surface area contributed by atoms with E-state index in [0.29, 0.717) is 24.1 Å². The Balaban J connectivity index is 1.58. The molecule has 3 amide bonds. The highest BCUT2D eigenvalue weighted by Gasteiger charge is 2.32. The summed E-state index contributed by atoms with van der Waals surface area (Å²) in [7, 11) is 0. The third-order valence-electron chi connectivity index (χ3n) is 6.92. The van der Waals surface area contributed by atoms with Crippen molar-refractivity contribution >= 4 is 34.6 Å². The highest BCUT2D eigenvalue weighted by atomic mass is 16.4. The first-order chi connectivity index (χ1) is 19.2. The third-order valence-corrected chi connectivity index (χ3v) is 6.92. The molecule has 4 unspecified atom stereocenters. The summed E-state index contributed by atoms with van der Waals surface area (Å²) in [4.78, 5) is 54.3. The van der Waals surface area contributed by atoms with Gasteiger partial charge in [-0.2, -0.15) is 0 Å². The standard InChI is InChI=1S/C28H33N5O7/c34-15-24(28(39)40)33-27(38)23(13-17-14-30-20-5-2-1-4-19(17)20)32-26(37)22(12-16-7-9-18(35)10-8-16)31-25(36)21-6-3-11-29-21/h1-2,4-5,7-10,14,21-24,29-30,34-35H,3,6,11-13,15H2,(H,31,36)(H,32,37)(H,33,38)(H,39,40). The average Bonchev–Trinajstić information content (AvgIpc) is 3.63. The molecule has 3 aromatic rings. The number of amides is 3. The minimum absolute atomic E-state index is 0.0173. The number of aromatic hydroxyl groups is 1. The number of para-hydroxylation sites is 1. The fraction of sp³-hybridized carbons (Fsp3) is 0.357. The van der Waals surface area contributed by atoms with Crippen molar-refractivity contribution in [2.45, 2.75) is 49.9 Å². The summed E-state index contributed by atoms with van der Waals surface area (Å²) in [5.74, 6) is -3.16. The van der Waals surface area contributed by atoms with Crippen LogP contribution < -0.4 is 21.3 Å². The van der Waals surface area contributed by atoms with Gasteiger partial charge < -0.3 is 41.6 Å². The van der Waals surface area contributed by atoms with Gasteiger partial charge in [0.05, 0.1) is 12.6 Å². The van der Waals surface area contributed by atoms with Crippen LogP contribution in [0.25, 0.3) is 10.9 Å². The van der Waals surface area contributed by atoms with Crippen LogP contribution in [0.4, 0.5) is 0 Å². The largest absolute Gasteiger partial charge is 0.508 e. The molecule has 0 saturated carbocycles. The number of fused-ring (bicyclic) bond motifs is 1. The number of aliphatic hydroxyl groups excluding tert-OH is 1. The Kier molecular flexibility index (Phi) is 9.35. The molecular weight excluding hydrogens is 518 g/mol. The molecule has 212 valence electrons. The number of phenols is 1. The number of carboxylic acids is 1. The first-order valence-corrected chi connectivity index (χ1v) is 13.1. The van der Waals surface area contributed by atoms with Crippen LogP contribution in [0.3, 0.4) is 0 Å². The lowest BCUT2D eigenvalue weighted by molar-refractivity contribution is -0.143. The SMILES string of the molecule is O=C(O)C(CO)NC(=O)C(Cc1c[nH]c2ccccc12)NC(=O)C(Cc1ccc(O)cc1)NC(=O)C1CCCN1. The van der Waals surface area contributed by atoms with Crippen LogP contribution in [-0.4, -0.2) is 81.3 Å². The predicted octanol–water partition coefficient (Wildman–Crippen LogP) is -0.0580. The van der Waals surface area contributed by atoms with E-state index in [4.69, 9.17) is 0 Å². The van der Waals surface area contributed by atoms with Crippen LogP contribution in [0.2, 0.25) is 0 Å². The topological polar surface area (TPSA) is 193 Å². The number of aromatic nitrogens is 1. The molecule has 12 heteroatoms. The maximum atomic E-state index is 13.6. The second-order valence-corrected chi connectivity index (χ2v) is 9.79. The summed E-state index contributed by atoms with van der Waals surface area (Å²) in [5, 5.41) is 40.0. The smallest absolute Gasteiger partial charge is 0.328 e. The lowest BCUT2D eigenvalue weighted by Gasteiger charge is -2.25. The number of phenolic OH excluding ortho intramolecular Hbond substituents is 1. The van der Waals surface area contributed by atoms with E-state index in [-0.39, 0.29) is 24.5 Å². The Hall–Kier alpha value is -4.42. The van der Waals surface area contributed by atoms with Gasteiger partial charge in [0, 0.05) is 29.9 Å². The van der Waals surface area contributed by atoms with E-state index in [0.717, 1.165) is 17.3 Å². The molecule has 8 N–H and O–H groups in total. The number of benzene rings is 2. The van der Waals surface area contributed by atoms with Gasteiger partial charge in [-0.25, -0.2) is 4.79 Å². The molecule has 0 spiro atoms.